The van der Waals surface area contributed by atoms with Crippen LogP contribution in [0.5, 0.6) is 0 Å². The van der Waals surface area contributed by atoms with Crippen molar-refractivity contribution in [2.75, 3.05) is 36.8 Å². The van der Waals surface area contributed by atoms with Crippen LogP contribution < -0.4 is 10.6 Å². The Hall–Kier alpha value is -5.17. The Bertz CT molecular complexity index is 2260. The van der Waals surface area contributed by atoms with Crippen molar-refractivity contribution in [1.29, 1.82) is 0 Å². The van der Waals surface area contributed by atoms with Gasteiger partial charge in [0, 0.05) is 81.0 Å². The molecule has 3 aromatic heterocycles. The molecule has 1 saturated carbocycles. The van der Waals surface area contributed by atoms with E-state index >= 15 is 0 Å². The van der Waals surface area contributed by atoms with Gasteiger partial charge < -0.3 is 25.4 Å². The minimum Gasteiger partial charge on any atom is -0.481 e. The van der Waals surface area contributed by atoms with Crippen LogP contribution in [0.4, 0.5) is 17.2 Å². The fourth-order valence-electron chi connectivity index (χ4n) is 8.97. The SMILES string of the molecule is Cc1c(NC(=O)c2nc3c(n2C)CCN(CC[C@H]2CC[C@H](C(=O)O)CC2)C3)cccc1-c1cccc(Nc2nccc3cc(CN4CC[C@@H](O)C4)cnc23)c1C. The summed E-state index contributed by atoms with van der Waals surface area (Å²) in [7, 11) is 1.93. The lowest BCUT2D eigenvalue weighted by Gasteiger charge is -2.30. The molecule has 1 atom stereocenters. The highest BCUT2D eigenvalue weighted by Crippen LogP contribution is 2.36. The Kier molecular flexibility index (Phi) is 10.9. The maximum atomic E-state index is 13.8. The van der Waals surface area contributed by atoms with E-state index in [0.29, 0.717) is 24.1 Å². The van der Waals surface area contributed by atoms with E-state index in [1.807, 2.05) is 55.1 Å². The second kappa shape index (κ2) is 16.1. The van der Waals surface area contributed by atoms with Crippen molar-refractivity contribution in [1.82, 2.24) is 29.3 Å². The predicted molar refractivity (Wildman–Crippen MR) is 218 cm³/mol. The average molecular weight is 757 g/mol. The number of carboxylic acids is 1. The zero-order chi connectivity index (χ0) is 38.9. The van der Waals surface area contributed by atoms with Crippen LogP contribution in [0.1, 0.15) is 77.2 Å². The van der Waals surface area contributed by atoms with Crippen LogP contribution in [-0.2, 0) is 31.4 Å². The number of benzene rings is 2. The summed E-state index contributed by atoms with van der Waals surface area (Å²) in [6.07, 6.45) is 9.72. The Balaban J connectivity index is 0.941. The van der Waals surface area contributed by atoms with Gasteiger partial charge in [0.2, 0.25) is 0 Å². The van der Waals surface area contributed by atoms with Crippen LogP contribution in [0.2, 0.25) is 0 Å². The summed E-state index contributed by atoms with van der Waals surface area (Å²) in [6.45, 7) is 9.08. The number of hydrogen-bond donors (Lipinski definition) is 4. The highest BCUT2D eigenvalue weighted by Gasteiger charge is 2.29. The molecule has 5 heterocycles. The summed E-state index contributed by atoms with van der Waals surface area (Å²) >= 11 is 0. The van der Waals surface area contributed by atoms with E-state index in [1.54, 1.807) is 6.20 Å². The van der Waals surface area contributed by atoms with Crippen LogP contribution in [-0.4, -0.2) is 83.7 Å². The van der Waals surface area contributed by atoms with Crippen molar-refractivity contribution in [3.8, 4) is 11.1 Å². The van der Waals surface area contributed by atoms with E-state index in [0.717, 1.165) is 139 Å². The van der Waals surface area contributed by atoms with Crippen molar-refractivity contribution in [2.24, 2.45) is 18.9 Å². The van der Waals surface area contributed by atoms with Crippen LogP contribution >= 0.6 is 0 Å². The molecule has 5 aromatic rings. The number of aliphatic hydroxyl groups excluding tert-OH is 1. The van der Waals surface area contributed by atoms with E-state index < -0.39 is 5.97 Å². The second-order valence-corrected chi connectivity index (χ2v) is 16.0. The number of aromatic nitrogens is 4. The maximum Gasteiger partial charge on any atom is 0.306 e. The monoisotopic (exact) mass is 756 g/mol. The number of β-amino-alcohol motifs (C(OH)–C–C–N with tert-alkyl or cyclic N) is 1. The molecule has 0 unspecified atom stereocenters. The molecule has 12 nitrogen and oxygen atoms in total. The summed E-state index contributed by atoms with van der Waals surface area (Å²) in [5, 5.41) is 27.0. The number of likely N-dealkylation sites (tertiary alicyclic amines) is 1. The van der Waals surface area contributed by atoms with Crippen molar-refractivity contribution in [2.45, 2.75) is 78.0 Å². The molecule has 12 heteroatoms. The summed E-state index contributed by atoms with van der Waals surface area (Å²) in [5.74, 6) is 0.609. The molecule has 2 fully saturated rings. The van der Waals surface area contributed by atoms with Crippen molar-refractivity contribution >= 4 is 40.0 Å². The number of rotatable bonds is 11. The molecular weight excluding hydrogens is 705 g/mol. The van der Waals surface area contributed by atoms with Crippen molar-refractivity contribution in [3.05, 3.63) is 94.8 Å². The fourth-order valence-corrected chi connectivity index (χ4v) is 8.97. The van der Waals surface area contributed by atoms with Gasteiger partial charge in [0.05, 0.1) is 17.7 Å². The molecule has 4 N–H and O–H groups in total. The predicted octanol–water partition coefficient (Wildman–Crippen LogP) is 6.85. The van der Waals surface area contributed by atoms with Gasteiger partial charge in [-0.05, 0) is 117 Å². The molecule has 1 amide bonds. The molecule has 8 rings (SSSR count). The molecule has 1 aliphatic carbocycles. The second-order valence-electron chi connectivity index (χ2n) is 16.0. The normalized spacial score (nSPS) is 20.2. The first kappa shape index (κ1) is 37.7. The zero-order valence-electron chi connectivity index (χ0n) is 32.6. The lowest BCUT2D eigenvalue weighted by atomic mass is 9.80. The summed E-state index contributed by atoms with van der Waals surface area (Å²) in [5.41, 5.74) is 9.73. The fraction of sp³-hybridized carbons (Fsp3) is 0.432. The average Bonchev–Trinajstić information content (AvgIpc) is 3.76. The molecule has 1 saturated heterocycles. The lowest BCUT2D eigenvalue weighted by Crippen LogP contribution is -2.33. The number of hydrogen-bond acceptors (Lipinski definition) is 9. The molecule has 3 aliphatic rings. The molecular formula is C44H52N8O4. The Morgan fingerprint density at radius 2 is 1.66 bits per heavy atom. The molecule has 292 valence electrons. The standard InChI is InChI=1S/C44H52N8O4/c1-27-34(6-4-8-36(27)47-41-40-32(14-18-45-41)22-30(23-46-40)24-52-20-16-33(53)25-52)35-7-5-9-37(28(35)2)49-43(54)42-48-38-26-51(21-17-39(38)50(42)3)19-15-29-10-12-31(13-11-29)44(55)56/h4-9,14,18,22-23,29,31,33,53H,10-13,15-17,19-21,24-26H2,1-3H3,(H,45,47)(H,49,54)(H,55,56)/t29-,31-,33-/m1/s1. The number of nitrogens with one attached hydrogen (secondary N) is 2. The van der Waals surface area contributed by atoms with Crippen LogP contribution in [0.15, 0.2) is 60.9 Å². The number of imidazole rings is 1. The molecule has 0 bridgehead atoms. The van der Waals surface area contributed by atoms with E-state index in [1.165, 1.54) is 0 Å². The minimum absolute atomic E-state index is 0.180. The minimum atomic E-state index is -0.654. The largest absolute Gasteiger partial charge is 0.481 e. The van der Waals surface area contributed by atoms with Gasteiger partial charge in [-0.25, -0.2) is 9.97 Å². The van der Waals surface area contributed by atoms with E-state index in [2.05, 4.69) is 50.5 Å². The first-order chi connectivity index (χ1) is 27.1. The van der Waals surface area contributed by atoms with Crippen molar-refractivity contribution < 1.29 is 19.8 Å². The van der Waals surface area contributed by atoms with Crippen molar-refractivity contribution in [3.63, 3.8) is 0 Å². The number of aliphatic hydroxyl groups is 1. The number of amides is 1. The number of carboxylic acid groups (broad SMARTS) is 1. The van der Waals surface area contributed by atoms with Crippen LogP contribution in [0.25, 0.3) is 22.0 Å². The highest BCUT2D eigenvalue weighted by molar-refractivity contribution is 6.03. The Labute approximate surface area is 328 Å². The smallest absolute Gasteiger partial charge is 0.306 e. The molecule has 2 aromatic carbocycles. The van der Waals surface area contributed by atoms with Gasteiger partial charge in [-0.3, -0.25) is 24.4 Å². The zero-order valence-corrected chi connectivity index (χ0v) is 32.6. The van der Waals surface area contributed by atoms with E-state index in [9.17, 15) is 19.8 Å². The number of carbonyl (C=O) groups is 2. The van der Waals surface area contributed by atoms with Gasteiger partial charge >= 0.3 is 5.97 Å². The van der Waals surface area contributed by atoms with Gasteiger partial charge in [-0.2, -0.15) is 0 Å². The van der Waals surface area contributed by atoms with Gasteiger partial charge in [-0.1, -0.05) is 24.3 Å². The number of aliphatic carboxylic acids is 1. The number of carbonyl (C=O) groups excluding carboxylic acids is 1. The number of nitrogens with zero attached hydrogens (tertiary/aromatic N) is 6. The summed E-state index contributed by atoms with van der Waals surface area (Å²) in [4.78, 5) is 44.2. The van der Waals surface area contributed by atoms with Gasteiger partial charge in [-0.15, -0.1) is 0 Å². The molecule has 0 radical (unpaired) electrons. The van der Waals surface area contributed by atoms with Gasteiger partial charge in [0.25, 0.3) is 5.91 Å². The summed E-state index contributed by atoms with van der Waals surface area (Å²) in [6, 6.07) is 16.3. The quantitative estimate of drug-likeness (QED) is 0.113. The van der Waals surface area contributed by atoms with E-state index in [-0.39, 0.29) is 17.9 Å². The number of fused-ring (bicyclic) bond motifs is 2. The lowest BCUT2D eigenvalue weighted by molar-refractivity contribution is -0.143. The van der Waals surface area contributed by atoms with Crippen LogP contribution in [0.3, 0.4) is 0 Å². The van der Waals surface area contributed by atoms with Gasteiger partial charge in [0.15, 0.2) is 11.6 Å². The van der Waals surface area contributed by atoms with E-state index in [4.69, 9.17) is 9.97 Å². The first-order valence-corrected chi connectivity index (χ1v) is 20.0. The molecule has 0 spiro atoms. The third-order valence-corrected chi connectivity index (χ3v) is 12.4. The molecule has 2 aliphatic heterocycles. The third kappa shape index (κ3) is 7.91. The van der Waals surface area contributed by atoms with Gasteiger partial charge in [0.1, 0.15) is 5.52 Å². The first-order valence-electron chi connectivity index (χ1n) is 20.0. The summed E-state index contributed by atoms with van der Waals surface area (Å²) < 4.78 is 1.95. The topological polar surface area (TPSA) is 149 Å². The third-order valence-electron chi connectivity index (χ3n) is 12.4. The molecule has 56 heavy (non-hydrogen) atoms. The number of pyridine rings is 2. The Morgan fingerprint density at radius 3 is 2.39 bits per heavy atom. The van der Waals surface area contributed by atoms with Crippen LogP contribution in [0, 0.1) is 25.7 Å². The maximum absolute atomic E-state index is 13.8. The number of anilines is 3. The Morgan fingerprint density at radius 1 is 0.911 bits per heavy atom. The highest BCUT2D eigenvalue weighted by atomic mass is 16.4.